The first kappa shape index (κ1) is 15.1. The monoisotopic (exact) mass is 287 g/mol. The summed E-state index contributed by atoms with van der Waals surface area (Å²) in [6.07, 6.45) is 3.19. The fourth-order valence-electron chi connectivity index (χ4n) is 2.03. The Morgan fingerprint density at radius 1 is 1.24 bits per heavy atom. The molecule has 1 aromatic heterocycles. The summed E-state index contributed by atoms with van der Waals surface area (Å²) in [4.78, 5) is 11.8. The summed E-state index contributed by atoms with van der Waals surface area (Å²) < 4.78 is 4.94. The van der Waals surface area contributed by atoms with Crippen molar-refractivity contribution in [1.82, 2.24) is 10.6 Å². The van der Waals surface area contributed by atoms with Gasteiger partial charge in [0.15, 0.2) is 0 Å². The molecule has 5 nitrogen and oxygen atoms in total. The zero-order valence-electron chi connectivity index (χ0n) is 12.3. The number of hydrogen-bond donors (Lipinski definition) is 3. The van der Waals surface area contributed by atoms with Crippen LogP contribution >= 0.6 is 0 Å². The zero-order valence-corrected chi connectivity index (χ0v) is 12.3. The second-order valence-corrected chi connectivity index (χ2v) is 4.84. The van der Waals surface area contributed by atoms with Crippen LogP contribution in [0.5, 0.6) is 0 Å². The lowest BCUT2D eigenvalue weighted by atomic mass is 10.1. The Balaban J connectivity index is 1.83. The number of furan rings is 1. The van der Waals surface area contributed by atoms with Gasteiger partial charge >= 0.3 is 6.03 Å². The molecule has 2 rings (SSSR count). The standard InChI is InChI=1S/C16H21N3O2/c1-3-17-12(2)14-4-6-15(7-5-14)19-16(20)18-10-13-8-9-21-11-13/h4-9,11-12,17H,3,10H2,1-2H3,(H2,18,19,20). The summed E-state index contributed by atoms with van der Waals surface area (Å²) in [5.74, 6) is 0. The minimum absolute atomic E-state index is 0.233. The van der Waals surface area contributed by atoms with Gasteiger partial charge in [0.1, 0.15) is 0 Å². The highest BCUT2D eigenvalue weighted by Crippen LogP contribution is 2.15. The quantitative estimate of drug-likeness (QED) is 0.764. The van der Waals surface area contributed by atoms with Gasteiger partial charge in [0.2, 0.25) is 0 Å². The van der Waals surface area contributed by atoms with E-state index >= 15 is 0 Å². The minimum Gasteiger partial charge on any atom is -0.472 e. The van der Waals surface area contributed by atoms with Gasteiger partial charge in [0.05, 0.1) is 12.5 Å². The average molecular weight is 287 g/mol. The molecule has 0 saturated heterocycles. The maximum Gasteiger partial charge on any atom is 0.319 e. The maximum absolute atomic E-state index is 11.8. The van der Waals surface area contributed by atoms with Crippen LogP contribution in [-0.4, -0.2) is 12.6 Å². The molecule has 1 heterocycles. The summed E-state index contributed by atoms with van der Waals surface area (Å²) in [6, 6.07) is 9.72. The van der Waals surface area contributed by atoms with Crippen molar-refractivity contribution in [2.75, 3.05) is 11.9 Å². The minimum atomic E-state index is -0.233. The molecule has 1 unspecified atom stereocenters. The van der Waals surface area contributed by atoms with Crippen LogP contribution in [0.3, 0.4) is 0 Å². The molecule has 21 heavy (non-hydrogen) atoms. The normalized spacial score (nSPS) is 11.9. The van der Waals surface area contributed by atoms with Crippen LogP contribution in [0.4, 0.5) is 10.5 Å². The van der Waals surface area contributed by atoms with Crippen molar-refractivity contribution >= 4 is 11.7 Å². The number of carbonyl (C=O) groups is 1. The van der Waals surface area contributed by atoms with Crippen molar-refractivity contribution in [1.29, 1.82) is 0 Å². The first-order valence-corrected chi connectivity index (χ1v) is 7.08. The molecule has 112 valence electrons. The highest BCUT2D eigenvalue weighted by molar-refractivity contribution is 5.89. The van der Waals surface area contributed by atoms with Gasteiger partial charge in [0, 0.05) is 23.8 Å². The molecule has 5 heteroatoms. The van der Waals surface area contributed by atoms with Crippen molar-refractivity contribution in [3.8, 4) is 0 Å². The predicted octanol–water partition coefficient (Wildman–Crippen LogP) is 3.27. The summed E-state index contributed by atoms with van der Waals surface area (Å²) >= 11 is 0. The van der Waals surface area contributed by atoms with E-state index in [2.05, 4.69) is 29.8 Å². The molecule has 0 aliphatic rings. The summed E-state index contributed by atoms with van der Waals surface area (Å²) in [7, 11) is 0. The lowest BCUT2D eigenvalue weighted by Crippen LogP contribution is -2.28. The zero-order chi connectivity index (χ0) is 15.1. The van der Waals surface area contributed by atoms with E-state index in [1.807, 2.05) is 30.3 Å². The number of anilines is 1. The van der Waals surface area contributed by atoms with Crippen LogP contribution in [0, 0.1) is 0 Å². The van der Waals surface area contributed by atoms with E-state index in [4.69, 9.17) is 4.42 Å². The molecule has 0 aliphatic carbocycles. The van der Waals surface area contributed by atoms with E-state index in [0.29, 0.717) is 12.6 Å². The van der Waals surface area contributed by atoms with Gasteiger partial charge in [-0.15, -0.1) is 0 Å². The summed E-state index contributed by atoms with van der Waals surface area (Å²) in [5.41, 5.74) is 2.90. The predicted molar refractivity (Wildman–Crippen MR) is 83.1 cm³/mol. The molecular weight excluding hydrogens is 266 g/mol. The fourth-order valence-corrected chi connectivity index (χ4v) is 2.03. The van der Waals surface area contributed by atoms with Crippen LogP contribution in [0.2, 0.25) is 0 Å². The molecule has 0 spiro atoms. The number of amides is 2. The number of urea groups is 1. The molecular formula is C16H21N3O2. The SMILES string of the molecule is CCNC(C)c1ccc(NC(=O)NCc2ccoc2)cc1. The van der Waals surface area contributed by atoms with Gasteiger partial charge in [-0.25, -0.2) is 4.79 Å². The molecule has 2 aromatic rings. The van der Waals surface area contributed by atoms with Gasteiger partial charge < -0.3 is 20.4 Å². The molecule has 0 bridgehead atoms. The van der Waals surface area contributed by atoms with E-state index < -0.39 is 0 Å². The second-order valence-electron chi connectivity index (χ2n) is 4.84. The lowest BCUT2D eigenvalue weighted by Gasteiger charge is -2.13. The number of rotatable bonds is 6. The van der Waals surface area contributed by atoms with Crippen molar-refractivity contribution in [3.05, 3.63) is 54.0 Å². The van der Waals surface area contributed by atoms with Crippen LogP contribution < -0.4 is 16.0 Å². The van der Waals surface area contributed by atoms with Gasteiger partial charge in [-0.05, 0) is 37.2 Å². The smallest absolute Gasteiger partial charge is 0.319 e. The van der Waals surface area contributed by atoms with Crippen LogP contribution in [-0.2, 0) is 6.54 Å². The highest BCUT2D eigenvalue weighted by Gasteiger charge is 2.05. The Bertz CT molecular complexity index is 549. The van der Waals surface area contributed by atoms with E-state index in [9.17, 15) is 4.79 Å². The maximum atomic E-state index is 11.8. The van der Waals surface area contributed by atoms with E-state index in [0.717, 1.165) is 17.8 Å². The topological polar surface area (TPSA) is 66.3 Å². The highest BCUT2D eigenvalue weighted by atomic mass is 16.3. The third kappa shape index (κ3) is 4.65. The van der Waals surface area contributed by atoms with E-state index in [1.165, 1.54) is 5.56 Å². The molecule has 0 radical (unpaired) electrons. The Hall–Kier alpha value is -2.27. The van der Waals surface area contributed by atoms with E-state index in [1.54, 1.807) is 12.5 Å². The van der Waals surface area contributed by atoms with Gasteiger partial charge in [-0.2, -0.15) is 0 Å². The molecule has 2 amide bonds. The molecule has 0 fully saturated rings. The molecule has 1 atom stereocenters. The fraction of sp³-hybridized carbons (Fsp3) is 0.312. The van der Waals surface area contributed by atoms with Crippen molar-refractivity contribution in [3.63, 3.8) is 0 Å². The summed E-state index contributed by atoms with van der Waals surface area (Å²) in [5, 5.41) is 8.92. The third-order valence-corrected chi connectivity index (χ3v) is 3.21. The first-order chi connectivity index (χ1) is 10.2. The molecule has 0 saturated carbocycles. The van der Waals surface area contributed by atoms with Crippen molar-refractivity contribution in [2.24, 2.45) is 0 Å². The van der Waals surface area contributed by atoms with Gasteiger partial charge in [-0.1, -0.05) is 19.1 Å². The lowest BCUT2D eigenvalue weighted by molar-refractivity contribution is 0.251. The number of hydrogen-bond acceptors (Lipinski definition) is 3. The van der Waals surface area contributed by atoms with Crippen LogP contribution in [0.1, 0.15) is 31.0 Å². The second kappa shape index (κ2) is 7.50. The van der Waals surface area contributed by atoms with E-state index in [-0.39, 0.29) is 6.03 Å². The first-order valence-electron chi connectivity index (χ1n) is 7.08. The number of nitrogens with one attached hydrogen (secondary N) is 3. The van der Waals surface area contributed by atoms with Crippen LogP contribution in [0.25, 0.3) is 0 Å². The largest absolute Gasteiger partial charge is 0.472 e. The number of carbonyl (C=O) groups excluding carboxylic acids is 1. The van der Waals surface area contributed by atoms with Crippen LogP contribution in [0.15, 0.2) is 47.3 Å². The summed E-state index contributed by atoms with van der Waals surface area (Å²) in [6.45, 7) is 5.57. The van der Waals surface area contributed by atoms with Crippen molar-refractivity contribution in [2.45, 2.75) is 26.4 Å². The Morgan fingerprint density at radius 3 is 2.62 bits per heavy atom. The number of benzene rings is 1. The van der Waals surface area contributed by atoms with Crippen molar-refractivity contribution < 1.29 is 9.21 Å². The Labute approximate surface area is 124 Å². The van der Waals surface area contributed by atoms with Gasteiger partial charge in [0.25, 0.3) is 0 Å². The Kier molecular flexibility index (Phi) is 5.40. The average Bonchev–Trinajstić information content (AvgIpc) is 2.99. The third-order valence-electron chi connectivity index (χ3n) is 3.21. The Morgan fingerprint density at radius 2 is 2.00 bits per heavy atom. The van der Waals surface area contributed by atoms with Gasteiger partial charge in [-0.3, -0.25) is 0 Å². The molecule has 0 aliphatic heterocycles. The molecule has 1 aromatic carbocycles. The molecule has 3 N–H and O–H groups in total.